The molecule has 2 fully saturated rings. The van der Waals surface area contributed by atoms with Gasteiger partial charge in [-0.15, -0.1) is 0 Å². The third-order valence-corrected chi connectivity index (χ3v) is 5.58. The average Bonchev–Trinajstić information content (AvgIpc) is 3.52. The van der Waals surface area contributed by atoms with Gasteiger partial charge < -0.3 is 20.3 Å². The van der Waals surface area contributed by atoms with Gasteiger partial charge in [0.2, 0.25) is 0 Å². The minimum absolute atomic E-state index is 0.787. The highest BCUT2D eigenvalue weighted by Crippen LogP contribution is 2.28. The molecule has 1 aromatic carbocycles. The lowest BCUT2D eigenvalue weighted by molar-refractivity contribution is 0.123. The summed E-state index contributed by atoms with van der Waals surface area (Å²) in [5.74, 6) is 2.57. The van der Waals surface area contributed by atoms with Gasteiger partial charge in [0.15, 0.2) is 5.96 Å². The number of benzene rings is 1. The summed E-state index contributed by atoms with van der Waals surface area (Å²) in [5, 5.41) is 6.76. The number of hydrogen-bond donors (Lipinski definition) is 2. The van der Waals surface area contributed by atoms with Gasteiger partial charge in [-0.3, -0.25) is 4.99 Å². The van der Waals surface area contributed by atoms with E-state index < -0.39 is 0 Å². The van der Waals surface area contributed by atoms with E-state index in [4.69, 9.17) is 4.74 Å². The predicted molar refractivity (Wildman–Crippen MR) is 113 cm³/mol. The van der Waals surface area contributed by atoms with Crippen molar-refractivity contribution in [3.8, 4) is 0 Å². The Bertz CT molecular complexity index is 574. The van der Waals surface area contributed by atoms with E-state index in [2.05, 4.69) is 51.7 Å². The molecule has 1 aliphatic heterocycles. The highest BCUT2D eigenvalue weighted by molar-refractivity contribution is 5.79. The highest BCUT2D eigenvalue weighted by atomic mass is 16.5. The van der Waals surface area contributed by atoms with Crippen LogP contribution in [-0.2, 0) is 11.3 Å². The van der Waals surface area contributed by atoms with E-state index in [1.54, 1.807) is 0 Å². The fraction of sp³-hybridized carbons (Fsp3) is 0.682. The van der Waals surface area contributed by atoms with Gasteiger partial charge in [-0.05, 0) is 61.6 Å². The second-order valence-electron chi connectivity index (χ2n) is 8.06. The summed E-state index contributed by atoms with van der Waals surface area (Å²) in [6.45, 7) is 8.16. The third-order valence-electron chi connectivity index (χ3n) is 5.58. The molecule has 5 heteroatoms. The molecule has 1 aromatic rings. The molecule has 0 atom stereocenters. The molecule has 2 N–H and O–H groups in total. The largest absolute Gasteiger partial charge is 0.381 e. The molecular weight excluding hydrogens is 336 g/mol. The second kappa shape index (κ2) is 10.5. The molecule has 150 valence electrons. The number of nitrogens with zero attached hydrogens (tertiary/aromatic N) is 2. The fourth-order valence-electron chi connectivity index (χ4n) is 3.41. The zero-order valence-electron chi connectivity index (χ0n) is 17.0. The van der Waals surface area contributed by atoms with Crippen LogP contribution in [0.2, 0.25) is 0 Å². The Morgan fingerprint density at radius 3 is 2.52 bits per heavy atom. The Balaban J connectivity index is 1.32. The van der Waals surface area contributed by atoms with Crippen molar-refractivity contribution in [1.82, 2.24) is 10.6 Å². The van der Waals surface area contributed by atoms with Gasteiger partial charge in [-0.25, -0.2) is 0 Å². The first kappa shape index (κ1) is 20.0. The van der Waals surface area contributed by atoms with E-state index in [1.165, 1.54) is 50.0 Å². The number of hydrogen-bond acceptors (Lipinski definition) is 3. The Morgan fingerprint density at radius 1 is 1.11 bits per heavy atom. The molecular formula is C22H36N4O. The van der Waals surface area contributed by atoms with Crippen LogP contribution in [0.4, 0.5) is 5.69 Å². The SMILES string of the molecule is CN=C(NCCCOCC1CC1)NCc1ccc(N2CCC(C)CC2)cc1. The molecule has 27 heavy (non-hydrogen) atoms. The number of piperidine rings is 1. The van der Waals surface area contributed by atoms with Crippen LogP contribution < -0.4 is 15.5 Å². The van der Waals surface area contributed by atoms with E-state index in [1.807, 2.05) is 7.05 Å². The van der Waals surface area contributed by atoms with Crippen molar-refractivity contribution in [3.63, 3.8) is 0 Å². The normalized spacial score (nSPS) is 18.6. The number of aliphatic imine (C=N–C) groups is 1. The first-order valence-electron chi connectivity index (χ1n) is 10.6. The smallest absolute Gasteiger partial charge is 0.191 e. The summed E-state index contributed by atoms with van der Waals surface area (Å²) >= 11 is 0. The Kier molecular flexibility index (Phi) is 7.81. The molecule has 1 saturated heterocycles. The van der Waals surface area contributed by atoms with Gasteiger partial charge >= 0.3 is 0 Å². The average molecular weight is 373 g/mol. The highest BCUT2D eigenvalue weighted by Gasteiger charge is 2.20. The second-order valence-corrected chi connectivity index (χ2v) is 8.06. The zero-order valence-corrected chi connectivity index (χ0v) is 17.0. The van der Waals surface area contributed by atoms with Crippen LogP contribution in [0.5, 0.6) is 0 Å². The summed E-state index contributed by atoms with van der Waals surface area (Å²) in [4.78, 5) is 6.81. The van der Waals surface area contributed by atoms with Crippen LogP contribution in [0.25, 0.3) is 0 Å². The first-order valence-corrected chi connectivity index (χ1v) is 10.6. The summed E-state index contributed by atoms with van der Waals surface area (Å²) in [7, 11) is 1.82. The van der Waals surface area contributed by atoms with Crippen molar-refractivity contribution in [2.75, 3.05) is 44.8 Å². The van der Waals surface area contributed by atoms with Crippen LogP contribution in [0.3, 0.4) is 0 Å². The van der Waals surface area contributed by atoms with E-state index in [9.17, 15) is 0 Å². The first-order chi connectivity index (χ1) is 13.2. The maximum atomic E-state index is 5.67. The van der Waals surface area contributed by atoms with Gasteiger partial charge in [-0.2, -0.15) is 0 Å². The van der Waals surface area contributed by atoms with E-state index in [0.29, 0.717) is 0 Å². The van der Waals surface area contributed by atoms with Gasteiger partial charge in [0.25, 0.3) is 0 Å². The predicted octanol–water partition coefficient (Wildman–Crippen LogP) is 3.40. The molecule has 2 aliphatic rings. The summed E-state index contributed by atoms with van der Waals surface area (Å²) in [5.41, 5.74) is 2.62. The summed E-state index contributed by atoms with van der Waals surface area (Å²) in [6, 6.07) is 8.94. The molecule has 0 bridgehead atoms. The van der Waals surface area contributed by atoms with Crippen molar-refractivity contribution in [2.45, 2.75) is 45.6 Å². The minimum atomic E-state index is 0.787. The monoisotopic (exact) mass is 372 g/mol. The Hall–Kier alpha value is -1.75. The maximum Gasteiger partial charge on any atom is 0.191 e. The number of guanidine groups is 1. The standard InChI is InChI=1S/C22H36N4O/c1-18-10-13-26(14-11-18)21-8-6-19(7-9-21)16-25-22(23-2)24-12-3-15-27-17-20-4-5-20/h6-9,18,20H,3-5,10-17H2,1-2H3,(H2,23,24,25). The van der Waals surface area contributed by atoms with E-state index in [-0.39, 0.29) is 0 Å². The van der Waals surface area contributed by atoms with Crippen molar-refractivity contribution in [3.05, 3.63) is 29.8 Å². The quantitative estimate of drug-likeness (QED) is 0.396. The molecule has 1 aliphatic carbocycles. The molecule has 3 rings (SSSR count). The summed E-state index contributed by atoms with van der Waals surface area (Å²) in [6.07, 6.45) is 6.32. The molecule has 1 saturated carbocycles. The van der Waals surface area contributed by atoms with Gasteiger partial charge in [0.1, 0.15) is 0 Å². The Morgan fingerprint density at radius 2 is 1.85 bits per heavy atom. The van der Waals surface area contributed by atoms with Crippen LogP contribution >= 0.6 is 0 Å². The number of rotatable bonds is 9. The van der Waals surface area contributed by atoms with Gasteiger partial charge in [0, 0.05) is 52.1 Å². The molecule has 5 nitrogen and oxygen atoms in total. The molecule has 0 amide bonds. The van der Waals surface area contributed by atoms with Crippen LogP contribution in [0.1, 0.15) is 44.6 Å². The van der Waals surface area contributed by atoms with Crippen molar-refractivity contribution in [1.29, 1.82) is 0 Å². The van der Waals surface area contributed by atoms with Gasteiger partial charge in [-0.1, -0.05) is 19.1 Å². The van der Waals surface area contributed by atoms with E-state index in [0.717, 1.165) is 50.5 Å². The van der Waals surface area contributed by atoms with Crippen molar-refractivity contribution < 1.29 is 4.74 Å². The van der Waals surface area contributed by atoms with Crippen molar-refractivity contribution in [2.24, 2.45) is 16.8 Å². The zero-order chi connectivity index (χ0) is 18.9. The Labute approximate surface area is 164 Å². The summed E-state index contributed by atoms with van der Waals surface area (Å²) < 4.78 is 5.67. The van der Waals surface area contributed by atoms with Crippen LogP contribution in [-0.4, -0.2) is 45.9 Å². The third kappa shape index (κ3) is 7.06. The van der Waals surface area contributed by atoms with Crippen molar-refractivity contribution >= 4 is 11.6 Å². The van der Waals surface area contributed by atoms with Crippen LogP contribution in [0.15, 0.2) is 29.3 Å². The lowest BCUT2D eigenvalue weighted by Gasteiger charge is -2.32. The molecule has 0 spiro atoms. The molecule has 0 radical (unpaired) electrons. The number of nitrogens with one attached hydrogen (secondary N) is 2. The topological polar surface area (TPSA) is 48.9 Å². The maximum absolute atomic E-state index is 5.67. The number of ether oxygens (including phenoxy) is 1. The molecule has 0 aromatic heterocycles. The van der Waals surface area contributed by atoms with Gasteiger partial charge in [0.05, 0.1) is 0 Å². The molecule has 0 unspecified atom stereocenters. The molecule has 1 heterocycles. The minimum Gasteiger partial charge on any atom is -0.381 e. The number of anilines is 1. The fourth-order valence-corrected chi connectivity index (χ4v) is 3.41. The lowest BCUT2D eigenvalue weighted by atomic mass is 9.99. The van der Waals surface area contributed by atoms with Crippen LogP contribution in [0, 0.1) is 11.8 Å². The lowest BCUT2D eigenvalue weighted by Crippen LogP contribution is -2.37. The van der Waals surface area contributed by atoms with E-state index >= 15 is 0 Å².